The molecule has 0 aromatic carbocycles. The van der Waals surface area contributed by atoms with Gasteiger partial charge in [0.15, 0.2) is 0 Å². The van der Waals surface area contributed by atoms with Gasteiger partial charge in [0.1, 0.15) is 0 Å². The van der Waals surface area contributed by atoms with Crippen molar-refractivity contribution in [3.05, 3.63) is 0 Å². The average molecular weight is 184 g/mol. The summed E-state index contributed by atoms with van der Waals surface area (Å²) in [5.74, 6) is 0. The molecule has 1 aliphatic rings. The highest BCUT2D eigenvalue weighted by molar-refractivity contribution is 4.85. The Bertz CT molecular complexity index is 139. The minimum atomic E-state index is 0.629. The van der Waals surface area contributed by atoms with Gasteiger partial charge in [-0.3, -0.25) is 0 Å². The Kier molecular flexibility index (Phi) is 4.20. The van der Waals surface area contributed by atoms with Crippen molar-refractivity contribution in [1.29, 1.82) is 0 Å². The molecule has 2 nitrogen and oxygen atoms in total. The highest BCUT2D eigenvalue weighted by Gasteiger charge is 2.32. The lowest BCUT2D eigenvalue weighted by Crippen LogP contribution is -2.36. The van der Waals surface area contributed by atoms with Gasteiger partial charge in [0.25, 0.3) is 0 Å². The van der Waals surface area contributed by atoms with Crippen LogP contribution in [0.1, 0.15) is 39.0 Å². The minimum Gasteiger partial charge on any atom is -0.329 e. The Morgan fingerprint density at radius 2 is 1.92 bits per heavy atom. The van der Waals surface area contributed by atoms with E-state index in [4.69, 9.17) is 5.73 Å². The maximum atomic E-state index is 5.55. The van der Waals surface area contributed by atoms with E-state index in [-0.39, 0.29) is 0 Å². The van der Waals surface area contributed by atoms with E-state index in [2.05, 4.69) is 18.9 Å². The molecule has 0 aromatic heterocycles. The van der Waals surface area contributed by atoms with Gasteiger partial charge in [-0.25, -0.2) is 0 Å². The lowest BCUT2D eigenvalue weighted by molar-refractivity contribution is 0.174. The van der Waals surface area contributed by atoms with Crippen molar-refractivity contribution in [1.82, 2.24) is 4.90 Å². The standard InChI is InChI=1S/C11H24N2/c1-3-11(6-4-5-7-11)10-13(2)9-8-12/h3-10,12H2,1-2H3. The normalized spacial score (nSPS) is 21.2. The van der Waals surface area contributed by atoms with E-state index in [0.29, 0.717) is 5.41 Å². The molecule has 2 heteroatoms. The summed E-state index contributed by atoms with van der Waals surface area (Å²) in [6.45, 7) is 5.42. The van der Waals surface area contributed by atoms with E-state index in [0.717, 1.165) is 13.1 Å². The van der Waals surface area contributed by atoms with Gasteiger partial charge in [-0.15, -0.1) is 0 Å². The van der Waals surface area contributed by atoms with Crippen LogP contribution in [-0.4, -0.2) is 31.6 Å². The van der Waals surface area contributed by atoms with Crippen LogP contribution in [0.2, 0.25) is 0 Å². The Morgan fingerprint density at radius 1 is 1.31 bits per heavy atom. The Labute approximate surface area is 82.5 Å². The summed E-state index contributed by atoms with van der Waals surface area (Å²) >= 11 is 0. The first-order chi connectivity index (χ1) is 6.22. The monoisotopic (exact) mass is 184 g/mol. The zero-order chi connectivity index (χ0) is 9.73. The van der Waals surface area contributed by atoms with E-state index < -0.39 is 0 Å². The van der Waals surface area contributed by atoms with Crippen molar-refractivity contribution in [2.45, 2.75) is 39.0 Å². The summed E-state index contributed by atoms with van der Waals surface area (Å²) in [7, 11) is 2.20. The largest absolute Gasteiger partial charge is 0.329 e. The molecule has 1 rings (SSSR count). The molecular weight excluding hydrogens is 160 g/mol. The van der Waals surface area contributed by atoms with Crippen LogP contribution in [0.25, 0.3) is 0 Å². The number of hydrogen-bond acceptors (Lipinski definition) is 2. The predicted molar refractivity (Wildman–Crippen MR) is 57.7 cm³/mol. The topological polar surface area (TPSA) is 29.3 Å². The van der Waals surface area contributed by atoms with Crippen LogP contribution in [0.15, 0.2) is 0 Å². The second-order valence-electron chi connectivity index (χ2n) is 4.59. The first kappa shape index (κ1) is 11.0. The van der Waals surface area contributed by atoms with E-state index >= 15 is 0 Å². The predicted octanol–water partition coefficient (Wildman–Crippen LogP) is 1.85. The molecule has 0 atom stereocenters. The van der Waals surface area contributed by atoms with Gasteiger partial charge in [-0.05, 0) is 31.7 Å². The second kappa shape index (κ2) is 4.97. The van der Waals surface area contributed by atoms with Gasteiger partial charge in [0, 0.05) is 19.6 Å². The zero-order valence-electron chi connectivity index (χ0n) is 9.18. The van der Waals surface area contributed by atoms with E-state index in [1.807, 2.05) is 0 Å². The average Bonchev–Trinajstić information content (AvgIpc) is 2.54. The van der Waals surface area contributed by atoms with E-state index in [1.165, 1.54) is 38.6 Å². The molecule has 1 saturated carbocycles. The number of rotatable bonds is 5. The van der Waals surface area contributed by atoms with Crippen molar-refractivity contribution in [2.24, 2.45) is 11.1 Å². The Balaban J connectivity index is 2.38. The minimum absolute atomic E-state index is 0.629. The van der Waals surface area contributed by atoms with Crippen LogP contribution >= 0.6 is 0 Å². The maximum Gasteiger partial charge on any atom is 0.0102 e. The zero-order valence-corrected chi connectivity index (χ0v) is 9.18. The van der Waals surface area contributed by atoms with Crippen molar-refractivity contribution in [3.8, 4) is 0 Å². The van der Waals surface area contributed by atoms with Crippen LogP contribution < -0.4 is 5.73 Å². The second-order valence-corrected chi connectivity index (χ2v) is 4.59. The van der Waals surface area contributed by atoms with Gasteiger partial charge in [0.05, 0.1) is 0 Å². The quantitative estimate of drug-likeness (QED) is 0.706. The molecule has 1 fully saturated rings. The third kappa shape index (κ3) is 2.96. The van der Waals surface area contributed by atoms with Crippen LogP contribution in [-0.2, 0) is 0 Å². The number of nitrogens with two attached hydrogens (primary N) is 1. The molecule has 0 amide bonds. The fourth-order valence-corrected chi connectivity index (χ4v) is 2.62. The first-order valence-electron chi connectivity index (χ1n) is 5.61. The van der Waals surface area contributed by atoms with Crippen LogP contribution in [0.3, 0.4) is 0 Å². The lowest BCUT2D eigenvalue weighted by atomic mass is 9.83. The third-order valence-electron chi connectivity index (χ3n) is 3.53. The van der Waals surface area contributed by atoms with Gasteiger partial charge in [0.2, 0.25) is 0 Å². The molecule has 13 heavy (non-hydrogen) atoms. The van der Waals surface area contributed by atoms with Gasteiger partial charge in [-0.1, -0.05) is 19.8 Å². The summed E-state index contributed by atoms with van der Waals surface area (Å²) in [4.78, 5) is 2.40. The van der Waals surface area contributed by atoms with Gasteiger partial charge < -0.3 is 10.6 Å². The summed E-state index contributed by atoms with van der Waals surface area (Å²) in [5.41, 5.74) is 6.18. The molecule has 0 radical (unpaired) electrons. The molecule has 0 aromatic rings. The molecule has 1 aliphatic carbocycles. The molecule has 0 heterocycles. The number of hydrogen-bond donors (Lipinski definition) is 1. The highest BCUT2D eigenvalue weighted by Crippen LogP contribution is 2.41. The Hall–Kier alpha value is -0.0800. The summed E-state index contributed by atoms with van der Waals surface area (Å²) in [6.07, 6.45) is 7.06. The molecule has 0 aliphatic heterocycles. The molecule has 0 unspecified atom stereocenters. The SMILES string of the molecule is CCC1(CN(C)CCN)CCCC1. The van der Waals surface area contributed by atoms with Crippen molar-refractivity contribution >= 4 is 0 Å². The smallest absolute Gasteiger partial charge is 0.0102 e. The van der Waals surface area contributed by atoms with Crippen molar-refractivity contribution in [2.75, 3.05) is 26.7 Å². The number of nitrogens with zero attached hydrogens (tertiary/aromatic N) is 1. The van der Waals surface area contributed by atoms with Gasteiger partial charge in [-0.2, -0.15) is 0 Å². The molecule has 78 valence electrons. The fourth-order valence-electron chi connectivity index (χ4n) is 2.62. The molecule has 0 bridgehead atoms. The summed E-state index contributed by atoms with van der Waals surface area (Å²) < 4.78 is 0. The maximum absolute atomic E-state index is 5.55. The van der Waals surface area contributed by atoms with Gasteiger partial charge >= 0.3 is 0 Å². The third-order valence-corrected chi connectivity index (χ3v) is 3.53. The summed E-state index contributed by atoms with van der Waals surface area (Å²) in [5, 5.41) is 0. The van der Waals surface area contributed by atoms with Crippen LogP contribution in [0.5, 0.6) is 0 Å². The highest BCUT2D eigenvalue weighted by atomic mass is 15.1. The van der Waals surface area contributed by atoms with Crippen LogP contribution in [0.4, 0.5) is 0 Å². The molecule has 0 saturated heterocycles. The van der Waals surface area contributed by atoms with E-state index in [9.17, 15) is 0 Å². The first-order valence-corrected chi connectivity index (χ1v) is 5.61. The lowest BCUT2D eigenvalue weighted by Gasteiger charge is -2.32. The Morgan fingerprint density at radius 3 is 2.38 bits per heavy atom. The van der Waals surface area contributed by atoms with E-state index in [1.54, 1.807) is 0 Å². The van der Waals surface area contributed by atoms with Crippen molar-refractivity contribution < 1.29 is 0 Å². The molecule has 2 N–H and O–H groups in total. The molecular formula is C11H24N2. The number of likely N-dealkylation sites (N-methyl/N-ethyl adjacent to an activating group) is 1. The summed E-state index contributed by atoms with van der Waals surface area (Å²) in [6, 6.07) is 0. The fraction of sp³-hybridized carbons (Fsp3) is 1.00. The van der Waals surface area contributed by atoms with Crippen LogP contribution in [0, 0.1) is 5.41 Å². The molecule has 0 spiro atoms. The van der Waals surface area contributed by atoms with Crippen molar-refractivity contribution in [3.63, 3.8) is 0 Å².